The first kappa shape index (κ1) is 25.2. The largest absolute Gasteiger partial charge is 0.455 e. The van der Waals surface area contributed by atoms with E-state index in [1.807, 2.05) is 6.07 Å². The summed E-state index contributed by atoms with van der Waals surface area (Å²) >= 11 is 0. The van der Waals surface area contributed by atoms with Gasteiger partial charge in [-0.1, -0.05) is 133 Å². The first-order valence-electron chi connectivity index (χ1n) is 15.8. The first-order valence-corrected chi connectivity index (χ1v) is 15.8. The third-order valence-electron chi connectivity index (χ3n) is 9.58. The van der Waals surface area contributed by atoms with Crippen LogP contribution in [0.5, 0.6) is 0 Å². The summed E-state index contributed by atoms with van der Waals surface area (Å²) in [7, 11) is 0. The average molecular weight is 586 g/mol. The number of furan rings is 1. The molecular weight excluding hydrogens is 558 g/mol. The van der Waals surface area contributed by atoms with E-state index in [0.717, 1.165) is 38.8 Å². The number of fused-ring (bicyclic) bond motifs is 11. The third-order valence-corrected chi connectivity index (χ3v) is 9.58. The molecule has 10 rings (SSSR count). The fourth-order valence-electron chi connectivity index (χ4n) is 7.52. The van der Waals surface area contributed by atoms with Gasteiger partial charge < -0.3 is 8.98 Å². The average Bonchev–Trinajstić information content (AvgIpc) is 3.68. The van der Waals surface area contributed by atoms with Crippen LogP contribution in [0.1, 0.15) is 0 Å². The molecule has 0 aliphatic carbocycles. The van der Waals surface area contributed by atoms with Crippen molar-refractivity contribution in [3.63, 3.8) is 0 Å². The molecule has 8 aromatic carbocycles. The molecule has 214 valence electrons. The molecule has 0 N–H and O–H groups in total. The van der Waals surface area contributed by atoms with Crippen LogP contribution in [0.15, 0.2) is 168 Å². The van der Waals surface area contributed by atoms with Gasteiger partial charge in [-0.15, -0.1) is 0 Å². The summed E-state index contributed by atoms with van der Waals surface area (Å²) in [6, 6.07) is 59.0. The minimum atomic E-state index is 0.916. The van der Waals surface area contributed by atoms with Gasteiger partial charge in [0.05, 0.1) is 11.0 Å². The van der Waals surface area contributed by atoms with E-state index in [2.05, 4.69) is 162 Å². The predicted molar refractivity (Wildman–Crippen MR) is 194 cm³/mol. The Balaban J connectivity index is 1.31. The molecule has 2 heterocycles. The highest BCUT2D eigenvalue weighted by Crippen LogP contribution is 2.44. The predicted octanol–water partition coefficient (Wildman–Crippen LogP) is 12.3. The second kappa shape index (κ2) is 9.69. The van der Waals surface area contributed by atoms with Gasteiger partial charge in [-0.25, -0.2) is 0 Å². The maximum atomic E-state index is 6.48. The van der Waals surface area contributed by atoms with Gasteiger partial charge in [0, 0.05) is 38.2 Å². The van der Waals surface area contributed by atoms with Crippen LogP contribution in [-0.2, 0) is 0 Å². The van der Waals surface area contributed by atoms with Gasteiger partial charge in [0.15, 0.2) is 0 Å². The molecule has 0 aliphatic rings. The molecule has 0 saturated carbocycles. The highest BCUT2D eigenvalue weighted by Gasteiger charge is 2.20. The van der Waals surface area contributed by atoms with E-state index in [1.165, 1.54) is 54.5 Å². The molecule has 2 heteroatoms. The molecular formula is C44H27NO. The Morgan fingerprint density at radius 3 is 1.80 bits per heavy atom. The van der Waals surface area contributed by atoms with Crippen molar-refractivity contribution in [1.29, 1.82) is 0 Å². The van der Waals surface area contributed by atoms with Crippen molar-refractivity contribution >= 4 is 65.3 Å². The Bertz CT molecular complexity index is 2780. The number of hydrogen-bond donors (Lipinski definition) is 0. The minimum absolute atomic E-state index is 0.916. The van der Waals surface area contributed by atoms with Crippen LogP contribution < -0.4 is 0 Å². The zero-order valence-corrected chi connectivity index (χ0v) is 24.9. The molecule has 10 aromatic rings. The van der Waals surface area contributed by atoms with Gasteiger partial charge in [-0.05, 0) is 63.2 Å². The highest BCUT2D eigenvalue weighted by molar-refractivity contribution is 6.32. The molecule has 2 nitrogen and oxygen atoms in total. The summed E-state index contributed by atoms with van der Waals surface area (Å²) in [5.74, 6) is 0. The van der Waals surface area contributed by atoms with Crippen molar-refractivity contribution in [3.8, 4) is 27.9 Å². The summed E-state index contributed by atoms with van der Waals surface area (Å²) in [5.41, 5.74) is 10.1. The van der Waals surface area contributed by atoms with Crippen LogP contribution in [-0.4, -0.2) is 4.57 Å². The molecule has 0 amide bonds. The molecule has 2 aromatic heterocycles. The fourth-order valence-corrected chi connectivity index (χ4v) is 7.52. The van der Waals surface area contributed by atoms with E-state index < -0.39 is 0 Å². The smallest absolute Gasteiger partial charge is 0.143 e. The Hall–Kier alpha value is -6.12. The molecule has 0 atom stereocenters. The second-order valence-corrected chi connectivity index (χ2v) is 12.1. The maximum Gasteiger partial charge on any atom is 0.143 e. The molecule has 0 spiro atoms. The highest BCUT2D eigenvalue weighted by atomic mass is 16.3. The summed E-state index contributed by atoms with van der Waals surface area (Å²) in [5, 5.41) is 9.85. The minimum Gasteiger partial charge on any atom is -0.455 e. The third kappa shape index (κ3) is 3.59. The Kier molecular flexibility index (Phi) is 5.31. The number of rotatable bonds is 3. The first-order chi connectivity index (χ1) is 22.8. The van der Waals surface area contributed by atoms with E-state index in [-0.39, 0.29) is 0 Å². The molecule has 46 heavy (non-hydrogen) atoms. The van der Waals surface area contributed by atoms with Crippen LogP contribution in [0, 0.1) is 0 Å². The molecule has 0 aliphatic heterocycles. The zero-order valence-electron chi connectivity index (χ0n) is 24.9. The fraction of sp³-hybridized carbons (Fsp3) is 0. The molecule has 0 unspecified atom stereocenters. The van der Waals surface area contributed by atoms with E-state index in [1.54, 1.807) is 0 Å². The normalized spacial score (nSPS) is 11.9. The summed E-state index contributed by atoms with van der Waals surface area (Å²) in [6.07, 6.45) is 0. The van der Waals surface area contributed by atoms with Gasteiger partial charge in [0.1, 0.15) is 11.2 Å². The van der Waals surface area contributed by atoms with Crippen LogP contribution >= 0.6 is 0 Å². The standard InChI is InChI=1S/C44H27NO/c1-2-11-28(12-3-1)29-21-24-31(25-22-29)45-40-26-23-30(32-18-10-19-38-35-15-8-9-20-41(35)46-44(32)38)27-39(40)42-36-16-6-4-13-33(36)34-14-5-7-17-37(34)43(42)45/h1-27H. The van der Waals surface area contributed by atoms with Gasteiger partial charge in [-0.2, -0.15) is 0 Å². The summed E-state index contributed by atoms with van der Waals surface area (Å²) < 4.78 is 8.94. The SMILES string of the molecule is c1ccc(-c2ccc(-n3c4ccc(-c5cccc6c5oc5ccccc56)cc4c4c5ccccc5c5ccccc5c43)cc2)cc1. The van der Waals surface area contributed by atoms with Gasteiger partial charge >= 0.3 is 0 Å². The van der Waals surface area contributed by atoms with Crippen molar-refractivity contribution < 1.29 is 4.42 Å². The summed E-state index contributed by atoms with van der Waals surface area (Å²) in [4.78, 5) is 0. The number of aromatic nitrogens is 1. The monoisotopic (exact) mass is 585 g/mol. The summed E-state index contributed by atoms with van der Waals surface area (Å²) in [6.45, 7) is 0. The lowest BCUT2D eigenvalue weighted by Gasteiger charge is -2.13. The van der Waals surface area contributed by atoms with Crippen molar-refractivity contribution in [3.05, 3.63) is 164 Å². The van der Waals surface area contributed by atoms with Crippen LogP contribution in [0.25, 0.3) is 93.2 Å². The number of benzene rings is 8. The zero-order chi connectivity index (χ0) is 30.2. The van der Waals surface area contributed by atoms with Crippen LogP contribution in [0.2, 0.25) is 0 Å². The Morgan fingerprint density at radius 2 is 1.00 bits per heavy atom. The van der Waals surface area contributed by atoms with E-state index in [9.17, 15) is 0 Å². The van der Waals surface area contributed by atoms with E-state index in [4.69, 9.17) is 4.42 Å². The number of hydrogen-bond acceptors (Lipinski definition) is 1. The topological polar surface area (TPSA) is 18.1 Å². The lowest BCUT2D eigenvalue weighted by atomic mass is 9.95. The van der Waals surface area contributed by atoms with Crippen LogP contribution in [0.4, 0.5) is 0 Å². The Morgan fingerprint density at radius 1 is 0.391 bits per heavy atom. The van der Waals surface area contributed by atoms with Crippen molar-refractivity contribution in [2.45, 2.75) is 0 Å². The van der Waals surface area contributed by atoms with Crippen LogP contribution in [0.3, 0.4) is 0 Å². The number of para-hydroxylation sites is 2. The second-order valence-electron chi connectivity index (χ2n) is 12.1. The molecule has 0 fully saturated rings. The maximum absolute atomic E-state index is 6.48. The van der Waals surface area contributed by atoms with Gasteiger partial charge in [-0.3, -0.25) is 0 Å². The van der Waals surface area contributed by atoms with Crippen molar-refractivity contribution in [2.24, 2.45) is 0 Å². The number of nitrogens with zero attached hydrogens (tertiary/aromatic N) is 1. The lowest BCUT2D eigenvalue weighted by molar-refractivity contribution is 0.670. The molecule has 0 bridgehead atoms. The molecule has 0 radical (unpaired) electrons. The van der Waals surface area contributed by atoms with Gasteiger partial charge in [0.25, 0.3) is 0 Å². The Labute approximate surface area is 265 Å². The quantitative estimate of drug-likeness (QED) is 0.189. The van der Waals surface area contributed by atoms with Crippen molar-refractivity contribution in [1.82, 2.24) is 4.57 Å². The van der Waals surface area contributed by atoms with E-state index >= 15 is 0 Å². The lowest BCUT2D eigenvalue weighted by Crippen LogP contribution is -1.95. The van der Waals surface area contributed by atoms with Gasteiger partial charge in [0.2, 0.25) is 0 Å². The van der Waals surface area contributed by atoms with E-state index in [0.29, 0.717) is 0 Å². The molecule has 0 saturated heterocycles. The van der Waals surface area contributed by atoms with Crippen molar-refractivity contribution in [2.75, 3.05) is 0 Å².